The summed E-state index contributed by atoms with van der Waals surface area (Å²) in [7, 11) is 4.02. The Morgan fingerprint density at radius 2 is 1.81 bits per heavy atom. The van der Waals surface area contributed by atoms with E-state index < -0.39 is 0 Å². The molecule has 36 heavy (non-hydrogen) atoms. The van der Waals surface area contributed by atoms with Gasteiger partial charge < -0.3 is 25.6 Å². The van der Waals surface area contributed by atoms with Crippen molar-refractivity contribution in [3.8, 4) is 22.8 Å². The number of ether oxygens (including phenoxy) is 1. The number of hydrogen-bond acceptors (Lipinski definition) is 8. The van der Waals surface area contributed by atoms with Crippen molar-refractivity contribution in [2.75, 3.05) is 52.6 Å². The highest BCUT2D eigenvalue weighted by molar-refractivity contribution is 5.98. The first-order valence-corrected chi connectivity index (χ1v) is 11.9. The van der Waals surface area contributed by atoms with Crippen molar-refractivity contribution < 1.29 is 9.53 Å². The number of fused-ring (bicyclic) bond motifs is 1. The molecule has 3 N–H and O–H groups in total. The Labute approximate surface area is 209 Å². The molecular formula is C26H30N8O2. The van der Waals surface area contributed by atoms with E-state index in [1.165, 1.54) is 6.33 Å². The Kier molecular flexibility index (Phi) is 6.79. The van der Waals surface area contributed by atoms with Crippen LogP contribution in [0.4, 0.5) is 5.82 Å². The van der Waals surface area contributed by atoms with Crippen LogP contribution in [0.5, 0.6) is 11.5 Å². The molecule has 0 radical (unpaired) electrons. The van der Waals surface area contributed by atoms with Crippen LogP contribution in [-0.4, -0.2) is 82.3 Å². The number of aromatic nitrogens is 4. The number of benzene rings is 2. The van der Waals surface area contributed by atoms with Crippen molar-refractivity contribution in [1.29, 1.82) is 0 Å². The number of nitrogens with zero attached hydrogens (tertiary/aromatic N) is 6. The fraction of sp³-hybridized carbons (Fsp3) is 0.308. The van der Waals surface area contributed by atoms with Crippen molar-refractivity contribution in [3.63, 3.8) is 0 Å². The zero-order valence-corrected chi connectivity index (χ0v) is 20.5. The summed E-state index contributed by atoms with van der Waals surface area (Å²) >= 11 is 0. The van der Waals surface area contributed by atoms with E-state index >= 15 is 0 Å². The summed E-state index contributed by atoms with van der Waals surface area (Å²) in [6, 6.07) is 17.4. The van der Waals surface area contributed by atoms with E-state index in [1.807, 2.05) is 78.3 Å². The van der Waals surface area contributed by atoms with Crippen LogP contribution < -0.4 is 15.8 Å². The maximum absolute atomic E-state index is 12.5. The van der Waals surface area contributed by atoms with Crippen LogP contribution in [0.3, 0.4) is 0 Å². The Bertz CT molecular complexity index is 1330. The summed E-state index contributed by atoms with van der Waals surface area (Å²) in [6.07, 6.45) is 1.45. The first-order chi connectivity index (χ1) is 17.5. The molecule has 0 atom stereocenters. The van der Waals surface area contributed by atoms with Gasteiger partial charge >= 0.3 is 0 Å². The molecule has 4 aromatic rings. The number of para-hydroxylation sites is 1. The molecule has 0 bridgehead atoms. The highest BCUT2D eigenvalue weighted by Gasteiger charge is 2.34. The molecule has 0 aliphatic carbocycles. The van der Waals surface area contributed by atoms with E-state index in [1.54, 1.807) is 0 Å². The molecule has 5 rings (SSSR count). The lowest BCUT2D eigenvalue weighted by atomic mass is 10.1. The standard InChI is InChI=1S/C26H30N8O2/c1-32(2)13-12-28-14-22(35)33-15-19(16-33)34-26-23(25(27)29-17-30-26)24(31-34)18-8-10-21(11-9-18)36-20-6-4-3-5-7-20/h3-11,17,19,28H,12-16H2,1-2H3,(H2,27,29,30). The highest BCUT2D eigenvalue weighted by Crippen LogP contribution is 2.34. The van der Waals surface area contributed by atoms with Gasteiger partial charge in [-0.1, -0.05) is 18.2 Å². The van der Waals surface area contributed by atoms with Gasteiger partial charge in [0.1, 0.15) is 29.3 Å². The van der Waals surface area contributed by atoms with Crippen LogP contribution in [0.1, 0.15) is 6.04 Å². The predicted octanol–water partition coefficient (Wildman–Crippen LogP) is 2.40. The van der Waals surface area contributed by atoms with Crippen LogP contribution >= 0.6 is 0 Å². The smallest absolute Gasteiger partial charge is 0.236 e. The third kappa shape index (κ3) is 5.00. The third-order valence-electron chi connectivity index (χ3n) is 6.20. The van der Waals surface area contributed by atoms with Crippen molar-refractivity contribution in [3.05, 3.63) is 60.9 Å². The van der Waals surface area contributed by atoms with Crippen molar-refractivity contribution >= 4 is 22.8 Å². The quantitative estimate of drug-likeness (QED) is 0.347. The molecule has 1 aliphatic rings. The van der Waals surface area contributed by atoms with Crippen molar-refractivity contribution in [1.82, 2.24) is 34.9 Å². The third-order valence-corrected chi connectivity index (χ3v) is 6.20. The Balaban J connectivity index is 1.31. The number of nitrogens with two attached hydrogens (primary N) is 1. The lowest BCUT2D eigenvalue weighted by Gasteiger charge is -2.39. The summed E-state index contributed by atoms with van der Waals surface area (Å²) < 4.78 is 7.79. The molecule has 2 aromatic heterocycles. The summed E-state index contributed by atoms with van der Waals surface area (Å²) in [5.74, 6) is 1.97. The first kappa shape index (κ1) is 23.7. The van der Waals surface area contributed by atoms with E-state index in [-0.39, 0.29) is 11.9 Å². The Morgan fingerprint density at radius 1 is 1.08 bits per heavy atom. The predicted molar refractivity (Wildman–Crippen MR) is 139 cm³/mol. The Hall–Kier alpha value is -4.02. The average molecular weight is 487 g/mol. The van der Waals surface area contributed by atoms with E-state index in [0.717, 1.165) is 30.2 Å². The minimum absolute atomic E-state index is 0.0296. The molecule has 1 amide bonds. The largest absolute Gasteiger partial charge is 0.457 e. The maximum atomic E-state index is 12.5. The van der Waals surface area contributed by atoms with E-state index in [2.05, 4.69) is 20.2 Å². The second-order valence-electron chi connectivity index (χ2n) is 9.12. The fourth-order valence-electron chi connectivity index (χ4n) is 4.18. The normalized spacial score (nSPS) is 13.8. The molecule has 0 spiro atoms. The summed E-state index contributed by atoms with van der Waals surface area (Å²) in [6.45, 7) is 3.15. The maximum Gasteiger partial charge on any atom is 0.236 e. The molecule has 10 nitrogen and oxygen atoms in total. The van der Waals surface area contributed by atoms with Gasteiger partial charge in [0.25, 0.3) is 0 Å². The molecule has 3 heterocycles. The zero-order chi connectivity index (χ0) is 25.1. The fourth-order valence-corrected chi connectivity index (χ4v) is 4.18. The summed E-state index contributed by atoms with van der Waals surface area (Å²) in [5.41, 5.74) is 8.53. The number of hydrogen-bond donors (Lipinski definition) is 2. The van der Waals surface area contributed by atoms with Crippen LogP contribution in [0, 0.1) is 0 Å². The zero-order valence-electron chi connectivity index (χ0n) is 20.5. The minimum atomic E-state index is 0.0296. The van der Waals surface area contributed by atoms with Gasteiger partial charge in [-0.15, -0.1) is 0 Å². The van der Waals surface area contributed by atoms with Crippen molar-refractivity contribution in [2.24, 2.45) is 0 Å². The molecule has 1 aliphatic heterocycles. The van der Waals surface area contributed by atoms with E-state index in [0.29, 0.717) is 42.2 Å². The molecular weight excluding hydrogens is 456 g/mol. The molecule has 10 heteroatoms. The van der Waals surface area contributed by atoms with E-state index in [4.69, 9.17) is 15.6 Å². The molecule has 1 saturated heterocycles. The van der Waals surface area contributed by atoms with Gasteiger partial charge in [0.05, 0.1) is 18.0 Å². The number of rotatable bonds is 9. The molecule has 0 unspecified atom stereocenters. The number of anilines is 1. The lowest BCUT2D eigenvalue weighted by molar-refractivity contribution is -0.136. The monoisotopic (exact) mass is 486 g/mol. The lowest BCUT2D eigenvalue weighted by Crippen LogP contribution is -2.53. The number of nitrogen functional groups attached to an aromatic ring is 1. The van der Waals surface area contributed by atoms with Gasteiger partial charge in [-0.3, -0.25) is 4.79 Å². The number of likely N-dealkylation sites (N-methyl/N-ethyl adjacent to an activating group) is 1. The summed E-state index contributed by atoms with van der Waals surface area (Å²) in [5, 5.41) is 8.79. The average Bonchev–Trinajstić information content (AvgIpc) is 3.22. The van der Waals surface area contributed by atoms with Crippen molar-refractivity contribution in [2.45, 2.75) is 6.04 Å². The number of amides is 1. The van der Waals surface area contributed by atoms with E-state index in [9.17, 15) is 4.79 Å². The molecule has 2 aromatic carbocycles. The summed E-state index contributed by atoms with van der Waals surface area (Å²) in [4.78, 5) is 25.1. The molecule has 186 valence electrons. The van der Waals surface area contributed by atoms with Gasteiger partial charge in [0.15, 0.2) is 5.65 Å². The topological polar surface area (TPSA) is 114 Å². The number of likely N-dealkylation sites (tertiary alicyclic amines) is 1. The molecule has 1 fully saturated rings. The van der Waals surface area contributed by atoms with Crippen LogP contribution in [0.15, 0.2) is 60.9 Å². The highest BCUT2D eigenvalue weighted by atomic mass is 16.5. The van der Waals surface area contributed by atoms with Gasteiger partial charge in [-0.05, 0) is 50.5 Å². The Morgan fingerprint density at radius 3 is 2.53 bits per heavy atom. The van der Waals surface area contributed by atoms with Gasteiger partial charge in [-0.2, -0.15) is 5.10 Å². The second kappa shape index (κ2) is 10.3. The van der Waals surface area contributed by atoms with Crippen LogP contribution in [0.2, 0.25) is 0 Å². The second-order valence-corrected chi connectivity index (χ2v) is 9.12. The van der Waals surface area contributed by atoms with Crippen LogP contribution in [0.25, 0.3) is 22.3 Å². The minimum Gasteiger partial charge on any atom is -0.457 e. The van der Waals surface area contributed by atoms with Gasteiger partial charge in [0, 0.05) is 31.7 Å². The SMILES string of the molecule is CN(C)CCNCC(=O)N1CC(n2nc(-c3ccc(Oc4ccccc4)cc3)c3c(N)ncnc32)C1. The first-order valence-electron chi connectivity index (χ1n) is 11.9. The number of carbonyl (C=O) groups is 1. The van der Waals surface area contributed by atoms with Crippen LogP contribution in [-0.2, 0) is 4.79 Å². The molecule has 0 saturated carbocycles. The number of carbonyl (C=O) groups excluding carboxylic acids is 1. The van der Waals surface area contributed by atoms with Gasteiger partial charge in [-0.25, -0.2) is 14.6 Å². The number of nitrogens with one attached hydrogen (secondary N) is 1. The van der Waals surface area contributed by atoms with Gasteiger partial charge in [0.2, 0.25) is 5.91 Å².